The molecule has 0 saturated carbocycles. The van der Waals surface area contributed by atoms with Gasteiger partial charge in [0.2, 0.25) is 0 Å². The fraction of sp³-hybridized carbons (Fsp3) is 0.612. The summed E-state index contributed by atoms with van der Waals surface area (Å²) in [6, 6.07) is 6.37. The molecule has 4 aliphatic heterocycles. The first-order valence-electron chi connectivity index (χ1n) is 22.9. The summed E-state index contributed by atoms with van der Waals surface area (Å²) in [6.07, 6.45) is 11.8. The van der Waals surface area contributed by atoms with Crippen LogP contribution in [0, 0.1) is 6.92 Å². The normalized spacial score (nSPS) is 20.1. The van der Waals surface area contributed by atoms with Crippen molar-refractivity contribution in [2.75, 3.05) is 19.8 Å². The van der Waals surface area contributed by atoms with Crippen molar-refractivity contribution in [3.05, 3.63) is 69.1 Å². The molecule has 10 heteroatoms. The van der Waals surface area contributed by atoms with Crippen LogP contribution in [0.15, 0.2) is 18.2 Å². The van der Waals surface area contributed by atoms with Gasteiger partial charge < -0.3 is 19.4 Å². The lowest BCUT2D eigenvalue weighted by Crippen LogP contribution is -2.41. The van der Waals surface area contributed by atoms with Crippen LogP contribution in [0.3, 0.4) is 0 Å². The number of aryl methyl sites for hydroxylation is 1. The molecule has 10 nitrogen and oxygen atoms in total. The van der Waals surface area contributed by atoms with E-state index in [0.717, 1.165) is 108 Å². The van der Waals surface area contributed by atoms with E-state index in [0.29, 0.717) is 42.8 Å². The highest BCUT2D eigenvalue weighted by Gasteiger charge is 2.41. The Morgan fingerprint density at radius 2 is 1.49 bits per heavy atom. The third-order valence-electron chi connectivity index (χ3n) is 13.2. The molecule has 320 valence electrons. The Hall–Kier alpha value is -4.31. The lowest BCUT2D eigenvalue weighted by atomic mass is 9.84. The number of H-pyrrole nitrogens is 2. The van der Waals surface area contributed by atoms with E-state index in [1.165, 1.54) is 24.2 Å². The van der Waals surface area contributed by atoms with Crippen molar-refractivity contribution < 1.29 is 23.9 Å². The van der Waals surface area contributed by atoms with Crippen LogP contribution >= 0.6 is 0 Å². The van der Waals surface area contributed by atoms with Crippen molar-refractivity contribution in [3.63, 3.8) is 0 Å². The summed E-state index contributed by atoms with van der Waals surface area (Å²) in [7, 11) is 0. The summed E-state index contributed by atoms with van der Waals surface area (Å²) in [5, 5.41) is 0. The van der Waals surface area contributed by atoms with E-state index in [9.17, 15) is 14.4 Å². The largest absolute Gasteiger partial charge is 0.466 e. The number of allylic oxidation sites excluding steroid dienone is 1. The monoisotopic (exact) mass is 808 g/mol. The summed E-state index contributed by atoms with van der Waals surface area (Å²) < 4.78 is 12.1. The molecule has 6 heterocycles. The number of aromatic amines is 2. The van der Waals surface area contributed by atoms with Gasteiger partial charge in [-0.2, -0.15) is 0 Å². The highest BCUT2D eigenvalue weighted by molar-refractivity contribution is 6.23. The maximum absolute atomic E-state index is 14.9. The average molecular weight is 808 g/mol. The van der Waals surface area contributed by atoms with Gasteiger partial charge in [-0.1, -0.05) is 86.5 Å². The number of carbonyl (C=O) groups is 3. The Bertz CT molecular complexity index is 2110. The van der Waals surface area contributed by atoms with Crippen LogP contribution in [-0.4, -0.2) is 68.5 Å². The third-order valence-corrected chi connectivity index (χ3v) is 13.2. The topological polar surface area (TPSA) is 130 Å². The third kappa shape index (κ3) is 9.23. The number of amides is 2. The number of imide groups is 1. The second-order valence-corrected chi connectivity index (χ2v) is 17.3. The Labute approximate surface area is 352 Å². The van der Waals surface area contributed by atoms with Gasteiger partial charge in [-0.05, 0) is 82.2 Å². The second kappa shape index (κ2) is 19.8. The zero-order chi connectivity index (χ0) is 42.4. The minimum atomic E-state index is -0.307. The van der Waals surface area contributed by atoms with Gasteiger partial charge in [0.05, 0.1) is 40.7 Å². The lowest BCUT2D eigenvalue weighted by molar-refractivity contribution is -0.143. The van der Waals surface area contributed by atoms with Gasteiger partial charge in [-0.15, -0.1) is 0 Å². The highest BCUT2D eigenvalue weighted by Crippen LogP contribution is 2.46. The smallest absolute Gasteiger partial charge is 0.305 e. The number of nitrogens with one attached hydrogen (secondary N) is 2. The number of aromatic nitrogens is 4. The zero-order valence-corrected chi connectivity index (χ0v) is 37.3. The van der Waals surface area contributed by atoms with E-state index in [2.05, 4.69) is 76.6 Å². The first-order valence-corrected chi connectivity index (χ1v) is 22.9. The van der Waals surface area contributed by atoms with Gasteiger partial charge in [0.25, 0.3) is 11.8 Å². The summed E-state index contributed by atoms with van der Waals surface area (Å²) in [6.45, 7) is 20.6. The molecule has 59 heavy (non-hydrogen) atoms. The number of hydrogen-bond acceptors (Lipinski definition) is 7. The van der Waals surface area contributed by atoms with Gasteiger partial charge in [0.15, 0.2) is 0 Å². The van der Waals surface area contributed by atoms with Crippen LogP contribution in [-0.2, 0) is 14.3 Å². The van der Waals surface area contributed by atoms with Crippen molar-refractivity contribution in [2.45, 2.75) is 176 Å². The molecular formula is C49H69N5O5. The number of esters is 1. The van der Waals surface area contributed by atoms with Gasteiger partial charge in [0.1, 0.15) is 0 Å². The lowest BCUT2D eigenvalue weighted by Gasteiger charge is -2.27. The van der Waals surface area contributed by atoms with E-state index in [1.54, 1.807) is 0 Å². The fourth-order valence-electron chi connectivity index (χ4n) is 9.54. The van der Waals surface area contributed by atoms with E-state index >= 15 is 0 Å². The van der Waals surface area contributed by atoms with Crippen LogP contribution in [0.4, 0.5) is 0 Å². The molecule has 0 aliphatic carbocycles. The molecule has 0 unspecified atom stereocenters. The quantitative estimate of drug-likeness (QED) is 0.0821. The van der Waals surface area contributed by atoms with Gasteiger partial charge in [-0.25, -0.2) is 4.98 Å². The van der Waals surface area contributed by atoms with E-state index in [-0.39, 0.29) is 54.0 Å². The maximum atomic E-state index is 14.9. The number of nitrogens with zero attached hydrogens (tertiary/aromatic N) is 3. The number of fused-ring (bicyclic) bond motifs is 8. The molecule has 6 rings (SSSR count). The molecular weight excluding hydrogens is 739 g/mol. The van der Waals surface area contributed by atoms with Gasteiger partial charge in [-0.3, -0.25) is 24.3 Å². The summed E-state index contributed by atoms with van der Waals surface area (Å²) in [4.78, 5) is 61.8. The van der Waals surface area contributed by atoms with E-state index < -0.39 is 0 Å². The van der Waals surface area contributed by atoms with Crippen LogP contribution in [0.2, 0.25) is 0 Å². The molecule has 2 N–H and O–H groups in total. The molecule has 2 aromatic heterocycles. The Balaban J connectivity index is 1.60. The standard InChI is InChI=1S/C49H69N5O5/c1-10-14-16-18-20-25-58-33(9)43-31(7)38-26-37-30(6)35(21-22-42(55)59-24-12-3)46(52-37)45-47-44(48(56)54(49(45)57)23-19-17-15-11-2)32(8)39(53-47)27-40-34(13-4)29(5)36(50-40)28-41(43)51-38/h26-30,33-35,52-53H,10-25H2,1-9H3/t29-,30+,33-,34-,35+/m1/s1. The molecule has 8 bridgehead atoms. The minimum Gasteiger partial charge on any atom is -0.466 e. The first-order chi connectivity index (χ1) is 28.4. The molecule has 0 radical (unpaired) electrons. The molecule has 2 amide bonds. The van der Waals surface area contributed by atoms with Crippen molar-refractivity contribution in [1.29, 1.82) is 0 Å². The van der Waals surface area contributed by atoms with Crippen molar-refractivity contribution in [3.8, 4) is 0 Å². The molecule has 0 spiro atoms. The summed E-state index contributed by atoms with van der Waals surface area (Å²) >= 11 is 0. The maximum Gasteiger partial charge on any atom is 0.305 e. The van der Waals surface area contributed by atoms with Crippen LogP contribution in [0.1, 0.15) is 223 Å². The molecule has 5 atom stereocenters. The van der Waals surface area contributed by atoms with Gasteiger partial charge in [0, 0.05) is 77.1 Å². The summed E-state index contributed by atoms with van der Waals surface area (Å²) in [5.74, 6) is -0.820. The average Bonchev–Trinajstić information content (AvgIpc) is 3.90. The predicted molar refractivity (Wildman–Crippen MR) is 236 cm³/mol. The first kappa shape index (κ1) is 44.2. The number of hydrogen-bond donors (Lipinski definition) is 2. The Kier molecular flexibility index (Phi) is 14.9. The Morgan fingerprint density at radius 1 is 0.780 bits per heavy atom. The number of ether oxygens (including phenoxy) is 2. The minimum absolute atomic E-state index is 0.0915. The molecule has 0 saturated heterocycles. The highest BCUT2D eigenvalue weighted by atomic mass is 16.5. The number of rotatable bonds is 19. The zero-order valence-electron chi connectivity index (χ0n) is 37.3. The summed E-state index contributed by atoms with van der Waals surface area (Å²) in [5.41, 5.74) is 10.5. The van der Waals surface area contributed by atoms with Crippen LogP contribution in [0.25, 0.3) is 22.2 Å². The van der Waals surface area contributed by atoms with Crippen LogP contribution < -0.4 is 0 Å². The second-order valence-electron chi connectivity index (χ2n) is 17.3. The SMILES string of the molecule is CCCCCCCO[C@H](C)C1=C(C)c2cc3[nH]c(c4c5[nH]c(cc6nc(cc1n2)[C@H](C)[C@H]6CC)c(C)c5C(=O)N(CCCCCC)C4=O)[C@@H](CCC(=O)OCCC)[C@@H]3C. The van der Waals surface area contributed by atoms with Crippen molar-refractivity contribution in [1.82, 2.24) is 24.8 Å². The predicted octanol–water partition coefficient (Wildman–Crippen LogP) is 11.7. The molecule has 0 aromatic carbocycles. The molecule has 2 aromatic rings. The molecule has 0 fully saturated rings. The fourth-order valence-corrected chi connectivity index (χ4v) is 9.54. The van der Waals surface area contributed by atoms with Crippen molar-refractivity contribution >= 4 is 40.0 Å². The number of carbonyl (C=O) groups excluding carboxylic acids is 3. The van der Waals surface area contributed by atoms with Gasteiger partial charge >= 0.3 is 5.97 Å². The van der Waals surface area contributed by atoms with Crippen LogP contribution in [0.5, 0.6) is 0 Å². The number of unbranched alkanes of at least 4 members (excludes halogenated alkanes) is 7. The van der Waals surface area contributed by atoms with Crippen molar-refractivity contribution in [2.24, 2.45) is 0 Å². The Morgan fingerprint density at radius 3 is 2.20 bits per heavy atom. The molecule has 4 aliphatic rings. The van der Waals surface area contributed by atoms with E-state index in [4.69, 9.17) is 19.4 Å². The van der Waals surface area contributed by atoms with E-state index in [1.807, 2.05) is 13.8 Å².